The van der Waals surface area contributed by atoms with Crippen LogP contribution in [0.15, 0.2) is 18.2 Å². The number of benzene rings is 1. The minimum Gasteiger partial charge on any atom is -0.398 e. The zero-order valence-electron chi connectivity index (χ0n) is 11.0. The van der Waals surface area contributed by atoms with Gasteiger partial charge in [-0.15, -0.1) is 0 Å². The molecule has 3 N–H and O–H groups in total. The van der Waals surface area contributed by atoms with Gasteiger partial charge in [-0.1, -0.05) is 24.4 Å². The van der Waals surface area contributed by atoms with Gasteiger partial charge in [-0.05, 0) is 37.3 Å². The Labute approximate surface area is 123 Å². The third kappa shape index (κ3) is 3.57. The van der Waals surface area contributed by atoms with Gasteiger partial charge in [-0.25, -0.2) is 0 Å². The molecule has 0 saturated heterocycles. The first kappa shape index (κ1) is 14.5. The monoisotopic (exact) mass is 298 g/mol. The molecule has 0 spiro atoms. The molecular weight excluding hydrogens is 280 g/mol. The van der Waals surface area contributed by atoms with E-state index in [9.17, 15) is 4.79 Å². The van der Waals surface area contributed by atoms with Gasteiger partial charge in [-0.3, -0.25) is 4.79 Å². The molecule has 19 heavy (non-hydrogen) atoms. The molecule has 5 heteroatoms. The summed E-state index contributed by atoms with van der Waals surface area (Å²) < 4.78 is 0. The number of nitrogen functional groups attached to an aromatic ring is 1. The molecule has 1 fully saturated rings. The Morgan fingerprint density at radius 1 is 1.42 bits per heavy atom. The van der Waals surface area contributed by atoms with Gasteiger partial charge < -0.3 is 11.1 Å². The number of nitrogens with one attached hydrogen (secondary N) is 1. The number of anilines is 1. The second kappa shape index (κ2) is 6.53. The number of carbonyl (C=O) groups is 1. The van der Waals surface area contributed by atoms with E-state index in [1.54, 1.807) is 18.2 Å². The number of nitrogens with two attached hydrogens (primary N) is 1. The average Bonchev–Trinajstić information content (AvgIpc) is 2.42. The number of carbonyl (C=O) groups excluding carboxylic acids is 1. The lowest BCUT2D eigenvalue weighted by Crippen LogP contribution is -2.43. The van der Waals surface area contributed by atoms with Crippen LogP contribution in [0.4, 0.5) is 5.69 Å². The molecular formula is C14H19ClN2OS. The number of rotatable bonds is 3. The summed E-state index contributed by atoms with van der Waals surface area (Å²) in [5, 5.41) is 4.14. The molecule has 0 aliphatic heterocycles. The van der Waals surface area contributed by atoms with E-state index in [0.29, 0.717) is 21.5 Å². The molecule has 1 aliphatic carbocycles. The van der Waals surface area contributed by atoms with Crippen LogP contribution in [-0.4, -0.2) is 23.5 Å². The SMILES string of the molecule is CSC1CCCCC1NC(=O)c1cc(Cl)ccc1N. The molecule has 1 aromatic carbocycles. The third-order valence-electron chi connectivity index (χ3n) is 3.58. The maximum atomic E-state index is 12.3. The lowest BCUT2D eigenvalue weighted by molar-refractivity contribution is 0.0930. The molecule has 2 unspecified atom stereocenters. The van der Waals surface area contributed by atoms with E-state index in [1.165, 1.54) is 12.8 Å². The topological polar surface area (TPSA) is 55.1 Å². The van der Waals surface area contributed by atoms with Crippen molar-refractivity contribution in [2.24, 2.45) is 0 Å². The Bertz CT molecular complexity index is 467. The molecule has 2 rings (SSSR count). The van der Waals surface area contributed by atoms with Crippen LogP contribution >= 0.6 is 23.4 Å². The summed E-state index contributed by atoms with van der Waals surface area (Å²) in [6, 6.07) is 5.22. The van der Waals surface area contributed by atoms with Crippen LogP contribution < -0.4 is 11.1 Å². The molecule has 104 valence electrons. The largest absolute Gasteiger partial charge is 0.398 e. The van der Waals surface area contributed by atoms with E-state index in [2.05, 4.69) is 11.6 Å². The number of hydrogen-bond acceptors (Lipinski definition) is 3. The van der Waals surface area contributed by atoms with Crippen molar-refractivity contribution in [3.8, 4) is 0 Å². The van der Waals surface area contributed by atoms with Crippen LogP contribution in [0.1, 0.15) is 36.0 Å². The molecule has 0 radical (unpaired) electrons. The summed E-state index contributed by atoms with van der Waals surface area (Å²) in [6.07, 6.45) is 6.72. The molecule has 1 amide bonds. The zero-order chi connectivity index (χ0) is 13.8. The lowest BCUT2D eigenvalue weighted by Gasteiger charge is -2.31. The van der Waals surface area contributed by atoms with Gasteiger partial charge in [0.05, 0.1) is 5.56 Å². The molecule has 1 aliphatic rings. The third-order valence-corrected chi connectivity index (χ3v) is 4.99. The van der Waals surface area contributed by atoms with Gasteiger partial charge in [-0.2, -0.15) is 11.8 Å². The molecule has 1 aromatic rings. The quantitative estimate of drug-likeness (QED) is 0.842. The van der Waals surface area contributed by atoms with E-state index in [0.717, 1.165) is 12.8 Å². The van der Waals surface area contributed by atoms with Crippen molar-refractivity contribution in [1.29, 1.82) is 0 Å². The minimum absolute atomic E-state index is 0.119. The van der Waals surface area contributed by atoms with Gasteiger partial charge in [0.25, 0.3) is 5.91 Å². The smallest absolute Gasteiger partial charge is 0.253 e. The lowest BCUT2D eigenvalue weighted by atomic mass is 9.94. The predicted molar refractivity (Wildman–Crippen MR) is 82.9 cm³/mol. The first-order valence-electron chi connectivity index (χ1n) is 6.50. The summed E-state index contributed by atoms with van der Waals surface area (Å²) in [5.74, 6) is -0.119. The van der Waals surface area contributed by atoms with E-state index < -0.39 is 0 Å². The summed E-state index contributed by atoms with van der Waals surface area (Å²) in [4.78, 5) is 12.3. The maximum absolute atomic E-state index is 12.3. The van der Waals surface area contributed by atoms with E-state index in [1.807, 2.05) is 11.8 Å². The predicted octanol–water partition coefficient (Wildman–Crippen LogP) is 3.33. The number of thioether (sulfide) groups is 1. The van der Waals surface area contributed by atoms with Crippen molar-refractivity contribution < 1.29 is 4.79 Å². The van der Waals surface area contributed by atoms with Crippen LogP contribution in [0.3, 0.4) is 0 Å². The first-order valence-corrected chi connectivity index (χ1v) is 8.17. The maximum Gasteiger partial charge on any atom is 0.253 e. The normalized spacial score (nSPS) is 23.1. The zero-order valence-corrected chi connectivity index (χ0v) is 12.6. The van der Waals surface area contributed by atoms with E-state index >= 15 is 0 Å². The van der Waals surface area contributed by atoms with Crippen molar-refractivity contribution in [3.05, 3.63) is 28.8 Å². The van der Waals surface area contributed by atoms with Crippen molar-refractivity contribution in [1.82, 2.24) is 5.32 Å². The van der Waals surface area contributed by atoms with Crippen LogP contribution in [0.25, 0.3) is 0 Å². The molecule has 2 atom stereocenters. The highest BCUT2D eigenvalue weighted by molar-refractivity contribution is 7.99. The van der Waals surface area contributed by atoms with Gasteiger partial charge >= 0.3 is 0 Å². The van der Waals surface area contributed by atoms with Gasteiger partial charge in [0.15, 0.2) is 0 Å². The van der Waals surface area contributed by atoms with Gasteiger partial charge in [0.2, 0.25) is 0 Å². The highest BCUT2D eigenvalue weighted by atomic mass is 35.5. The van der Waals surface area contributed by atoms with E-state index in [-0.39, 0.29) is 11.9 Å². The standard InChI is InChI=1S/C14H19ClN2OS/c1-19-13-5-3-2-4-12(13)17-14(18)10-8-9(15)6-7-11(10)16/h6-8,12-13H,2-5,16H2,1H3,(H,17,18). The second-order valence-electron chi connectivity index (χ2n) is 4.87. The highest BCUT2D eigenvalue weighted by Gasteiger charge is 2.26. The molecule has 1 saturated carbocycles. The Morgan fingerprint density at radius 3 is 2.89 bits per heavy atom. The molecule has 0 bridgehead atoms. The van der Waals surface area contributed by atoms with Crippen molar-refractivity contribution >= 4 is 35.0 Å². The fraction of sp³-hybridized carbons (Fsp3) is 0.500. The summed E-state index contributed by atoms with van der Waals surface area (Å²) in [6.45, 7) is 0. The fourth-order valence-electron chi connectivity index (χ4n) is 2.52. The molecule has 0 heterocycles. The number of amides is 1. The number of halogens is 1. The number of hydrogen-bond donors (Lipinski definition) is 2. The second-order valence-corrected chi connectivity index (χ2v) is 6.38. The van der Waals surface area contributed by atoms with Crippen molar-refractivity contribution in [2.75, 3.05) is 12.0 Å². The van der Waals surface area contributed by atoms with Crippen molar-refractivity contribution in [2.45, 2.75) is 37.0 Å². The molecule has 0 aromatic heterocycles. The van der Waals surface area contributed by atoms with Crippen LogP contribution in [0.2, 0.25) is 5.02 Å². The Morgan fingerprint density at radius 2 is 2.16 bits per heavy atom. The summed E-state index contributed by atoms with van der Waals surface area (Å²) in [7, 11) is 0. The molecule has 3 nitrogen and oxygen atoms in total. The fourth-order valence-corrected chi connectivity index (χ4v) is 3.62. The highest BCUT2D eigenvalue weighted by Crippen LogP contribution is 2.28. The van der Waals surface area contributed by atoms with Gasteiger partial charge in [0, 0.05) is 22.0 Å². The average molecular weight is 299 g/mol. The first-order chi connectivity index (χ1) is 9.11. The van der Waals surface area contributed by atoms with Crippen LogP contribution in [-0.2, 0) is 0 Å². The Balaban J connectivity index is 2.09. The minimum atomic E-state index is -0.119. The van der Waals surface area contributed by atoms with Gasteiger partial charge in [0.1, 0.15) is 0 Å². The summed E-state index contributed by atoms with van der Waals surface area (Å²) in [5.41, 5.74) is 6.78. The van der Waals surface area contributed by atoms with Crippen LogP contribution in [0.5, 0.6) is 0 Å². The Hall–Kier alpha value is -0.870. The van der Waals surface area contributed by atoms with Crippen LogP contribution in [0, 0.1) is 0 Å². The summed E-state index contributed by atoms with van der Waals surface area (Å²) >= 11 is 7.75. The van der Waals surface area contributed by atoms with Crippen molar-refractivity contribution in [3.63, 3.8) is 0 Å². The van der Waals surface area contributed by atoms with E-state index in [4.69, 9.17) is 17.3 Å². The Kier molecular flexibility index (Phi) is 4.99.